The first-order valence-corrected chi connectivity index (χ1v) is 41.0. The second-order valence-electron chi connectivity index (χ2n) is 34.1. The summed E-state index contributed by atoms with van der Waals surface area (Å²) in [5, 5.41) is 35.9. The Balaban J connectivity index is 0.868. The predicted molar refractivity (Wildman–Crippen MR) is 417 cm³/mol. The van der Waals surface area contributed by atoms with Crippen LogP contribution >= 0.6 is 0 Å². The lowest BCUT2D eigenvalue weighted by atomic mass is 9.53. The highest BCUT2D eigenvalue weighted by Crippen LogP contribution is 2.64. The molecule has 0 spiro atoms. The number of esters is 5. The lowest BCUT2D eigenvalue weighted by Crippen LogP contribution is -2.61. The Morgan fingerprint density at radius 3 is 2.11 bits per heavy atom. The molecule has 0 unspecified atom stereocenters. The number of methoxy groups -OCH3 is 3. The number of cyclic esters (lactones) is 2. The fraction of sp³-hybridized carbons (Fsp3) is 0.724. The van der Waals surface area contributed by atoms with E-state index in [1.54, 1.807) is 61.1 Å². The summed E-state index contributed by atoms with van der Waals surface area (Å²) in [5.41, 5.74) is -0.207. The van der Waals surface area contributed by atoms with Gasteiger partial charge in [0.1, 0.15) is 54.6 Å². The Morgan fingerprint density at radius 1 is 0.768 bits per heavy atom. The Hall–Kier alpha value is -7.00. The van der Waals surface area contributed by atoms with Crippen LogP contribution in [-0.4, -0.2) is 224 Å². The molecule has 8 rings (SSSR count). The van der Waals surface area contributed by atoms with Crippen molar-refractivity contribution >= 4 is 58.9 Å². The van der Waals surface area contributed by atoms with Gasteiger partial charge in [-0.2, -0.15) is 0 Å². The van der Waals surface area contributed by atoms with Gasteiger partial charge in [0.2, 0.25) is 11.6 Å². The highest BCUT2D eigenvalue weighted by Gasteiger charge is 2.65. The zero-order valence-electron chi connectivity index (χ0n) is 69.4. The molecule has 5 fully saturated rings. The number of amides is 1. The minimum absolute atomic E-state index is 0.0221. The second-order valence-corrected chi connectivity index (χ2v) is 34.1. The third-order valence-electron chi connectivity index (χ3n) is 25.3. The number of unbranched alkanes of at least 4 members (excludes halogenated alkanes) is 3. The van der Waals surface area contributed by atoms with Crippen LogP contribution in [0.25, 0.3) is 0 Å². The summed E-state index contributed by atoms with van der Waals surface area (Å²) >= 11 is 0. The van der Waals surface area contributed by atoms with Crippen molar-refractivity contribution in [3.05, 3.63) is 81.9 Å². The maximum absolute atomic E-state index is 14.9. The number of carbonyl (C=O) groups is 10. The van der Waals surface area contributed by atoms with Crippen molar-refractivity contribution in [3.63, 3.8) is 0 Å². The van der Waals surface area contributed by atoms with Crippen LogP contribution < -0.4 is 0 Å². The summed E-state index contributed by atoms with van der Waals surface area (Å²) in [5.74, 6) is -12.3. The van der Waals surface area contributed by atoms with Crippen LogP contribution in [0.15, 0.2) is 81.9 Å². The molecular weight excluding hydrogens is 1440 g/mol. The molecule has 18 atom stereocenters. The zero-order valence-corrected chi connectivity index (χ0v) is 69.4. The number of carbonyl (C=O) groups excluding carboxylic acids is 10. The lowest BCUT2D eigenvalue weighted by Gasteiger charge is -2.54. The maximum Gasteiger partial charge on any atom is 0.340 e. The van der Waals surface area contributed by atoms with Gasteiger partial charge in [-0.05, 0) is 191 Å². The Bertz CT molecular complexity index is 3620. The van der Waals surface area contributed by atoms with Gasteiger partial charge >= 0.3 is 29.8 Å². The van der Waals surface area contributed by atoms with Crippen LogP contribution in [0.1, 0.15) is 217 Å². The number of piperidine rings is 1. The van der Waals surface area contributed by atoms with E-state index >= 15 is 0 Å². The molecule has 25 heteroatoms. The first kappa shape index (κ1) is 90.5. The average Bonchev–Trinajstić information content (AvgIpc) is 1.20. The van der Waals surface area contributed by atoms with E-state index in [1.807, 2.05) is 82.0 Å². The standard InChI is InChI=1S/C87H129N3O22/c1-51-27-20-19-21-28-52(2)66(105-15)46-61-35-32-57(7)87(103,112-61)81(99)82(100)90-42-25-24-29-64(90)84(102)109-67(47-65(92)53(3)44-56(6)77(96)80(106-16)76(95)55(5)43-51)54(4)45-59-33-36-60(37-34-59)108-71(93)30-22-17-18-23-31-72(94)110-69-39-38-63-73-75(68(107-58(8)91)48-85(63,69)9)86(10)70(50-104-14)111-83(101)62(74(86)79(98)78(73)97)49-89(13)41-26-40-88(11)12/h19-21,27-28,44,49,51,53-55,57,59-61,63-64,66-70,77,80,96,98,103H,17-18,22-26,29-43,45-48,50H2,1-16H3/b21-19+,27-20+,52-28+,56-44+,62-49+/t51-,53-,54-,55-,57-,59?,60?,61+,63+,64+,66+,67+,68-,69+,70-,77-,80+,85+,86+,87-/m1/s1. The first-order chi connectivity index (χ1) is 53.0. The number of hydrogen-bond acceptors (Lipinski definition) is 24. The fourth-order valence-corrected chi connectivity index (χ4v) is 18.7. The van der Waals surface area contributed by atoms with Crippen molar-refractivity contribution in [2.45, 2.75) is 284 Å². The van der Waals surface area contributed by atoms with Gasteiger partial charge in [0.05, 0.1) is 29.8 Å². The van der Waals surface area contributed by atoms with E-state index in [2.05, 4.69) is 0 Å². The first-order valence-electron chi connectivity index (χ1n) is 41.0. The van der Waals surface area contributed by atoms with Gasteiger partial charge in [-0.25, -0.2) is 9.59 Å². The molecule has 0 radical (unpaired) electrons. The molecule has 624 valence electrons. The van der Waals surface area contributed by atoms with Crippen LogP contribution in [0.2, 0.25) is 0 Å². The minimum atomic E-state index is -2.49. The van der Waals surface area contributed by atoms with Crippen LogP contribution in [0.3, 0.4) is 0 Å². The molecule has 8 aliphatic rings. The van der Waals surface area contributed by atoms with Gasteiger partial charge < -0.3 is 72.7 Å². The summed E-state index contributed by atoms with van der Waals surface area (Å²) in [6.45, 7) is 18.9. The lowest BCUT2D eigenvalue weighted by molar-refractivity contribution is -0.265. The third kappa shape index (κ3) is 21.7. The van der Waals surface area contributed by atoms with Gasteiger partial charge in [0.25, 0.3) is 11.7 Å². The minimum Gasteiger partial charge on any atom is -0.504 e. The summed E-state index contributed by atoms with van der Waals surface area (Å²) in [4.78, 5) is 146. The SMILES string of the molecule is COC[C@H]1OC(=O)/C(=C/N(C)CCCN(C)C)C2=C(O)C(=O)C3=C([C@H](OC(C)=O)C[C@]4(C)[C@@H](OC(=O)CCCCCCC(=O)OC5CCC(C[C@@H](C)[C@@H]6CC(=O)[C@H](C)/C=C(\C)[C@@H](O)[C@@H](OC)C(=O)[C@H](C)C[C@H](C)/C=C/C=C/C=C(\C)[C@@H](OC)C[C@@H]7CC[C@@H](C)[C@@](O)(O7)C(=O)C(=O)N7CCCC[C@H]7C(=O)O6)CC5)CC[C@@H]34)[C@]21C. The highest BCUT2D eigenvalue weighted by molar-refractivity contribution is 6.39. The van der Waals surface area contributed by atoms with E-state index in [0.29, 0.717) is 120 Å². The molecule has 25 nitrogen and oxygen atoms in total. The Kier molecular flexibility index (Phi) is 32.8. The molecular formula is C87H129N3O22. The van der Waals surface area contributed by atoms with Gasteiger partial charge in [0, 0.05) is 115 Å². The summed E-state index contributed by atoms with van der Waals surface area (Å²) in [6, 6.07) is -1.21. The number of aliphatic hydroxyl groups excluding tert-OH is 2. The fourth-order valence-electron chi connectivity index (χ4n) is 18.7. The van der Waals surface area contributed by atoms with Crippen LogP contribution in [-0.2, 0) is 90.6 Å². The number of ether oxygens (including phenoxy) is 9. The molecule has 1 amide bonds. The van der Waals surface area contributed by atoms with Crippen LogP contribution in [0.5, 0.6) is 0 Å². The molecule has 0 aromatic heterocycles. The molecule has 2 bridgehead atoms. The van der Waals surface area contributed by atoms with Crippen LogP contribution in [0.4, 0.5) is 0 Å². The molecule has 3 N–H and O–H groups in total. The number of allylic oxidation sites excluding steroid dienone is 7. The van der Waals surface area contributed by atoms with Gasteiger partial charge in [0.15, 0.2) is 11.5 Å². The average molecular weight is 1570 g/mol. The number of hydrogen-bond donors (Lipinski definition) is 3. The highest BCUT2D eigenvalue weighted by atomic mass is 16.6. The monoisotopic (exact) mass is 1570 g/mol. The predicted octanol–water partition coefficient (Wildman–Crippen LogP) is 11.1. The number of rotatable bonds is 22. The zero-order chi connectivity index (χ0) is 82.3. The van der Waals surface area contributed by atoms with Crippen molar-refractivity contribution < 1.29 is 106 Å². The van der Waals surface area contributed by atoms with Crippen LogP contribution in [0, 0.1) is 52.3 Å². The molecule has 2 saturated carbocycles. The Morgan fingerprint density at radius 2 is 1.46 bits per heavy atom. The number of Topliss-reactive ketones (excluding diaryl/α,β-unsaturated/α-hetero) is 4. The normalized spacial score (nSPS) is 35.9. The largest absolute Gasteiger partial charge is 0.504 e. The van der Waals surface area contributed by atoms with Crippen molar-refractivity contribution in [1.82, 2.24) is 14.7 Å². The van der Waals surface area contributed by atoms with Crippen molar-refractivity contribution in [1.29, 1.82) is 0 Å². The molecule has 4 aliphatic heterocycles. The summed E-state index contributed by atoms with van der Waals surface area (Å²) in [6.07, 6.45) is 15.1. The second kappa shape index (κ2) is 40.5. The van der Waals surface area contributed by atoms with Crippen molar-refractivity contribution in [3.8, 4) is 0 Å². The third-order valence-corrected chi connectivity index (χ3v) is 25.3. The molecule has 4 heterocycles. The van der Waals surface area contributed by atoms with Gasteiger partial charge in [-0.1, -0.05) is 90.8 Å². The number of nitrogens with zero attached hydrogens (tertiary/aromatic N) is 3. The molecule has 4 aliphatic carbocycles. The quantitative estimate of drug-likeness (QED) is 0.0226. The smallest absolute Gasteiger partial charge is 0.340 e. The van der Waals surface area contributed by atoms with E-state index in [9.17, 15) is 63.3 Å². The van der Waals surface area contributed by atoms with Gasteiger partial charge in [-0.15, -0.1) is 0 Å². The van der Waals surface area contributed by atoms with E-state index < -0.39 is 148 Å². The Labute approximate surface area is 663 Å². The summed E-state index contributed by atoms with van der Waals surface area (Å²) < 4.78 is 54.3. The van der Waals surface area contributed by atoms with Crippen molar-refractivity contribution in [2.75, 3.05) is 68.7 Å². The molecule has 0 aromatic rings. The van der Waals surface area contributed by atoms with E-state index in [-0.39, 0.29) is 104 Å². The van der Waals surface area contributed by atoms with E-state index in [1.165, 1.54) is 26.0 Å². The summed E-state index contributed by atoms with van der Waals surface area (Å²) in [7, 11) is 10.1. The number of aliphatic hydroxyl groups is 3. The van der Waals surface area contributed by atoms with Crippen molar-refractivity contribution in [2.24, 2.45) is 52.3 Å². The van der Waals surface area contributed by atoms with E-state index in [0.717, 1.165) is 18.5 Å². The van der Waals surface area contributed by atoms with E-state index in [4.69, 9.17) is 42.6 Å². The number of ketones is 4. The topological polar surface area (TPSA) is 324 Å². The molecule has 0 aromatic carbocycles. The number of fused-ring (bicyclic) bond motifs is 7. The molecule has 3 saturated heterocycles. The molecule has 112 heavy (non-hydrogen) atoms. The van der Waals surface area contributed by atoms with Gasteiger partial charge in [-0.3, -0.25) is 38.4 Å². The maximum atomic E-state index is 14.9.